The van der Waals surface area contributed by atoms with Crippen LogP contribution in [0.15, 0.2) is 47.4 Å². The molecule has 3 N–H and O–H groups in total. The number of carboxylic acids is 1. The van der Waals surface area contributed by atoms with Crippen LogP contribution in [0.5, 0.6) is 0 Å². The summed E-state index contributed by atoms with van der Waals surface area (Å²) in [6, 6.07) is 12.0. The molecule has 0 aromatic heterocycles. The maximum Gasteiger partial charge on any atom is 0.335 e. The Balaban J connectivity index is 2.04. The zero-order chi connectivity index (χ0) is 20.7. The largest absolute Gasteiger partial charge is 0.478 e. The molecule has 2 aromatic carbocycles. The van der Waals surface area contributed by atoms with Crippen LogP contribution < -0.4 is 10.6 Å². The Labute approximate surface area is 168 Å². The van der Waals surface area contributed by atoms with Gasteiger partial charge in [0, 0.05) is 22.7 Å². The molecule has 148 valence electrons. The van der Waals surface area contributed by atoms with Crippen molar-refractivity contribution in [2.24, 2.45) is 0 Å². The minimum Gasteiger partial charge on any atom is -0.478 e. The first-order chi connectivity index (χ1) is 13.3. The highest BCUT2D eigenvalue weighted by atomic mass is 32.2. The van der Waals surface area contributed by atoms with Crippen molar-refractivity contribution in [2.75, 3.05) is 10.6 Å². The van der Waals surface area contributed by atoms with E-state index in [0.29, 0.717) is 17.8 Å². The molecule has 6 nitrogen and oxygen atoms in total. The predicted molar refractivity (Wildman–Crippen MR) is 112 cm³/mol. The molecule has 0 spiro atoms. The first kappa shape index (κ1) is 21.5. The Bertz CT molecular complexity index is 882. The normalized spacial score (nSPS) is 11.5. The first-order valence-electron chi connectivity index (χ1n) is 9.01. The Hall–Kier alpha value is -2.80. The van der Waals surface area contributed by atoms with Gasteiger partial charge in [0.15, 0.2) is 0 Å². The van der Waals surface area contributed by atoms with Crippen LogP contribution in [-0.2, 0) is 9.59 Å². The number of nitrogens with one attached hydrogen (secondary N) is 2. The minimum atomic E-state index is -1.04. The van der Waals surface area contributed by atoms with Crippen LogP contribution in [-0.4, -0.2) is 28.1 Å². The van der Waals surface area contributed by atoms with Gasteiger partial charge in [-0.2, -0.15) is 0 Å². The third-order valence-electron chi connectivity index (χ3n) is 4.02. The average molecular weight is 401 g/mol. The van der Waals surface area contributed by atoms with E-state index in [1.165, 1.54) is 23.9 Å². The summed E-state index contributed by atoms with van der Waals surface area (Å²) in [6.07, 6.45) is 1.24. The maximum absolute atomic E-state index is 12.5. The fraction of sp³-hybridized carbons (Fsp3) is 0.286. The summed E-state index contributed by atoms with van der Waals surface area (Å²) < 4.78 is 0. The van der Waals surface area contributed by atoms with E-state index in [1.54, 1.807) is 13.0 Å². The van der Waals surface area contributed by atoms with Gasteiger partial charge >= 0.3 is 5.97 Å². The van der Waals surface area contributed by atoms with Crippen molar-refractivity contribution >= 4 is 40.9 Å². The van der Waals surface area contributed by atoms with E-state index in [2.05, 4.69) is 10.6 Å². The number of carbonyl (C=O) groups is 3. The molecule has 2 amide bonds. The SMILES string of the molecule is CCCC(=O)Nc1cccc(SC(C)C(=O)Nc2cc(C(=O)O)ccc2C)c1. The lowest BCUT2D eigenvalue weighted by Gasteiger charge is -2.14. The molecular formula is C21H24N2O4S. The highest BCUT2D eigenvalue weighted by Crippen LogP contribution is 2.27. The summed E-state index contributed by atoms with van der Waals surface area (Å²) in [6.45, 7) is 5.53. The highest BCUT2D eigenvalue weighted by molar-refractivity contribution is 8.00. The molecule has 0 fully saturated rings. The summed E-state index contributed by atoms with van der Waals surface area (Å²) in [4.78, 5) is 36.3. The number of carbonyl (C=O) groups excluding carboxylic acids is 2. The Morgan fingerprint density at radius 1 is 1.11 bits per heavy atom. The van der Waals surface area contributed by atoms with Crippen LogP contribution >= 0.6 is 11.8 Å². The van der Waals surface area contributed by atoms with Gasteiger partial charge in [0.25, 0.3) is 0 Å². The fourth-order valence-electron chi connectivity index (χ4n) is 2.48. The number of anilines is 2. The van der Waals surface area contributed by atoms with E-state index in [9.17, 15) is 14.4 Å². The van der Waals surface area contributed by atoms with E-state index >= 15 is 0 Å². The summed E-state index contributed by atoms with van der Waals surface area (Å²) in [5, 5.41) is 14.3. The summed E-state index contributed by atoms with van der Waals surface area (Å²) in [5.41, 5.74) is 2.09. The molecule has 0 saturated heterocycles. The Kier molecular flexibility index (Phi) is 7.63. The van der Waals surface area contributed by atoms with Gasteiger partial charge in [-0.05, 0) is 56.2 Å². The van der Waals surface area contributed by atoms with Crippen LogP contribution in [0.4, 0.5) is 11.4 Å². The van der Waals surface area contributed by atoms with Crippen molar-refractivity contribution in [1.82, 2.24) is 0 Å². The molecule has 7 heteroatoms. The maximum atomic E-state index is 12.5. The lowest BCUT2D eigenvalue weighted by Crippen LogP contribution is -2.23. The molecule has 1 atom stereocenters. The molecular weight excluding hydrogens is 376 g/mol. The number of rotatable bonds is 8. The van der Waals surface area contributed by atoms with E-state index < -0.39 is 11.2 Å². The number of hydrogen-bond acceptors (Lipinski definition) is 4. The number of thioether (sulfide) groups is 1. The zero-order valence-electron chi connectivity index (χ0n) is 16.1. The van der Waals surface area contributed by atoms with Gasteiger partial charge in [-0.1, -0.05) is 19.1 Å². The summed E-state index contributed by atoms with van der Waals surface area (Å²) in [7, 11) is 0. The second-order valence-electron chi connectivity index (χ2n) is 6.41. The van der Waals surface area contributed by atoms with E-state index in [0.717, 1.165) is 16.9 Å². The lowest BCUT2D eigenvalue weighted by molar-refractivity contribution is -0.116. The third kappa shape index (κ3) is 6.13. The van der Waals surface area contributed by atoms with Gasteiger partial charge < -0.3 is 15.7 Å². The van der Waals surface area contributed by atoms with Gasteiger partial charge in [0.05, 0.1) is 10.8 Å². The van der Waals surface area contributed by atoms with Crippen molar-refractivity contribution in [1.29, 1.82) is 0 Å². The van der Waals surface area contributed by atoms with Crippen LogP contribution in [0, 0.1) is 6.92 Å². The summed E-state index contributed by atoms with van der Waals surface area (Å²) >= 11 is 1.36. The molecule has 0 bridgehead atoms. The Morgan fingerprint density at radius 2 is 1.86 bits per heavy atom. The fourth-order valence-corrected chi connectivity index (χ4v) is 3.41. The number of carboxylic acid groups (broad SMARTS) is 1. The molecule has 0 aliphatic heterocycles. The molecule has 0 radical (unpaired) electrons. The second kappa shape index (κ2) is 9.94. The smallest absolute Gasteiger partial charge is 0.335 e. The lowest BCUT2D eigenvalue weighted by atomic mass is 10.1. The van der Waals surface area contributed by atoms with Crippen LogP contribution in [0.2, 0.25) is 0 Å². The van der Waals surface area contributed by atoms with Crippen LogP contribution in [0.3, 0.4) is 0 Å². The number of benzene rings is 2. The molecule has 0 saturated carbocycles. The zero-order valence-corrected chi connectivity index (χ0v) is 16.9. The Morgan fingerprint density at radius 3 is 2.54 bits per heavy atom. The van der Waals surface area contributed by atoms with Crippen molar-refractivity contribution < 1.29 is 19.5 Å². The quantitative estimate of drug-likeness (QED) is 0.565. The third-order valence-corrected chi connectivity index (χ3v) is 5.11. The molecule has 0 aliphatic rings. The topological polar surface area (TPSA) is 95.5 Å². The van der Waals surface area contributed by atoms with E-state index in [-0.39, 0.29) is 17.4 Å². The number of aryl methyl sites for hydroxylation is 1. The van der Waals surface area contributed by atoms with Gasteiger partial charge in [0.2, 0.25) is 11.8 Å². The van der Waals surface area contributed by atoms with E-state index in [1.807, 2.05) is 38.1 Å². The number of hydrogen-bond donors (Lipinski definition) is 3. The second-order valence-corrected chi connectivity index (χ2v) is 7.82. The van der Waals surface area contributed by atoms with Crippen LogP contribution in [0.25, 0.3) is 0 Å². The van der Waals surface area contributed by atoms with Gasteiger partial charge in [0.1, 0.15) is 0 Å². The number of amides is 2. The molecule has 2 rings (SSSR count). The van der Waals surface area contributed by atoms with Crippen molar-refractivity contribution in [2.45, 2.75) is 43.8 Å². The van der Waals surface area contributed by atoms with Crippen molar-refractivity contribution in [3.63, 3.8) is 0 Å². The molecule has 0 aliphatic carbocycles. The van der Waals surface area contributed by atoms with Gasteiger partial charge in [-0.25, -0.2) is 4.79 Å². The molecule has 28 heavy (non-hydrogen) atoms. The highest BCUT2D eigenvalue weighted by Gasteiger charge is 2.17. The molecule has 0 heterocycles. The van der Waals surface area contributed by atoms with Crippen molar-refractivity contribution in [3.05, 3.63) is 53.6 Å². The van der Waals surface area contributed by atoms with E-state index in [4.69, 9.17) is 5.11 Å². The molecule has 2 aromatic rings. The number of aromatic carboxylic acids is 1. The molecule has 1 unspecified atom stereocenters. The van der Waals surface area contributed by atoms with Gasteiger partial charge in [-0.15, -0.1) is 11.8 Å². The monoisotopic (exact) mass is 400 g/mol. The minimum absolute atomic E-state index is 0.0378. The average Bonchev–Trinajstić information content (AvgIpc) is 2.63. The van der Waals surface area contributed by atoms with Gasteiger partial charge in [-0.3, -0.25) is 9.59 Å². The first-order valence-corrected chi connectivity index (χ1v) is 9.89. The van der Waals surface area contributed by atoms with Crippen molar-refractivity contribution in [3.8, 4) is 0 Å². The summed E-state index contributed by atoms with van der Waals surface area (Å²) in [5.74, 6) is -1.31. The van der Waals surface area contributed by atoms with Crippen LogP contribution in [0.1, 0.15) is 42.6 Å². The standard InChI is InChI=1S/C21H24N2O4S/c1-4-6-19(24)22-16-7-5-8-17(12-16)28-14(3)20(25)23-18-11-15(21(26)27)10-9-13(18)2/h5,7-12,14H,4,6H2,1-3H3,(H,22,24)(H,23,25)(H,26,27). The predicted octanol–water partition coefficient (Wildman–Crippen LogP) is 4.55.